The van der Waals surface area contributed by atoms with Crippen LogP contribution in [-0.2, 0) is 0 Å². The molecule has 0 saturated carbocycles. The summed E-state index contributed by atoms with van der Waals surface area (Å²) in [7, 11) is 0. The summed E-state index contributed by atoms with van der Waals surface area (Å²) in [5, 5.41) is 3.25. The van der Waals surface area contributed by atoms with Crippen molar-refractivity contribution in [3.05, 3.63) is 96.9 Å². The summed E-state index contributed by atoms with van der Waals surface area (Å²) in [5.41, 5.74) is 7.02. The van der Waals surface area contributed by atoms with E-state index in [2.05, 4.69) is 69.9 Å². The summed E-state index contributed by atoms with van der Waals surface area (Å²) in [6.45, 7) is 38.4. The first kappa shape index (κ1) is 43.2. The number of hydrogen-bond donors (Lipinski definition) is 1. The highest BCUT2D eigenvalue weighted by atomic mass is 14.9. The summed E-state index contributed by atoms with van der Waals surface area (Å²) >= 11 is 0. The van der Waals surface area contributed by atoms with Crippen LogP contribution < -0.4 is 5.32 Å². The monoisotopic (exact) mass is 537 g/mol. The second kappa shape index (κ2) is 31.3. The molecule has 0 heterocycles. The lowest BCUT2D eigenvalue weighted by Crippen LogP contribution is -1.95. The predicted octanol–water partition coefficient (Wildman–Crippen LogP) is 13.0. The number of hydrogen-bond acceptors (Lipinski definition) is 2. The molecule has 0 amide bonds. The molecule has 0 aliphatic rings. The van der Waals surface area contributed by atoms with E-state index in [4.69, 9.17) is 0 Å². The smallest absolute Gasteiger partial charge is 0.0384 e. The molecule has 39 heavy (non-hydrogen) atoms. The normalized spacial score (nSPS) is 10.7. The van der Waals surface area contributed by atoms with Gasteiger partial charge in [0.2, 0.25) is 0 Å². The standard InChI is InChI=1S/C23H28N2.C8H18.3C2H6/c1-17(2)8-10-20(6)24-16-19(5)22-12-14-23(15-13-22)25-21(7)11-9-18(3)4;1-4-6-8(3)7-5-2;3*1-2/h8-16,25H,1,3,7H2,2,4-6H3;8H,4-7H2,1-3H3;3*1-2H3/b10-8-,11-9-,19-16+,24-20-;;;;. The molecule has 0 spiro atoms. The van der Waals surface area contributed by atoms with Crippen molar-refractivity contribution in [1.82, 2.24) is 0 Å². The zero-order valence-electron chi connectivity index (χ0n) is 28.2. The maximum Gasteiger partial charge on any atom is 0.0384 e. The molecule has 0 unspecified atom stereocenters. The zero-order valence-corrected chi connectivity index (χ0v) is 28.2. The van der Waals surface area contributed by atoms with Gasteiger partial charge in [-0.1, -0.05) is 143 Å². The minimum absolute atomic E-state index is 0.826. The Balaban J connectivity index is -0.000000366. The van der Waals surface area contributed by atoms with E-state index in [0.29, 0.717) is 0 Å². The van der Waals surface area contributed by atoms with Gasteiger partial charge < -0.3 is 5.32 Å². The number of aliphatic imine (C=N–C) groups is 1. The Hall–Kier alpha value is -2.87. The molecule has 0 aliphatic carbocycles. The van der Waals surface area contributed by atoms with Crippen molar-refractivity contribution in [2.24, 2.45) is 10.9 Å². The van der Waals surface area contributed by atoms with Gasteiger partial charge in [0.1, 0.15) is 0 Å². The highest BCUT2D eigenvalue weighted by molar-refractivity contribution is 5.94. The molecule has 0 bridgehead atoms. The molecular weight excluding hydrogens is 472 g/mol. The average Bonchev–Trinajstić information content (AvgIpc) is 2.94. The van der Waals surface area contributed by atoms with Crippen LogP contribution in [0.1, 0.15) is 121 Å². The van der Waals surface area contributed by atoms with Crippen molar-refractivity contribution >= 4 is 17.0 Å². The third-order valence-corrected chi connectivity index (χ3v) is 4.85. The van der Waals surface area contributed by atoms with Gasteiger partial charge in [-0.3, -0.25) is 4.99 Å². The fraction of sp³-hybridized carbons (Fsp3) is 0.486. The van der Waals surface area contributed by atoms with Crippen molar-refractivity contribution in [2.75, 3.05) is 5.32 Å². The molecule has 1 aromatic carbocycles. The molecule has 2 heteroatoms. The van der Waals surface area contributed by atoms with Gasteiger partial charge in [0.15, 0.2) is 0 Å². The number of allylic oxidation sites excluding steroid dienone is 7. The molecule has 1 rings (SSSR count). The number of benzene rings is 1. The van der Waals surface area contributed by atoms with Gasteiger partial charge in [-0.15, -0.1) is 0 Å². The van der Waals surface area contributed by atoms with Crippen LogP contribution in [0.3, 0.4) is 0 Å². The van der Waals surface area contributed by atoms with Crippen LogP contribution in [0.5, 0.6) is 0 Å². The maximum absolute atomic E-state index is 4.46. The van der Waals surface area contributed by atoms with Crippen molar-refractivity contribution in [2.45, 2.75) is 116 Å². The fourth-order valence-electron chi connectivity index (χ4n) is 3.00. The van der Waals surface area contributed by atoms with E-state index in [0.717, 1.165) is 45.3 Å². The summed E-state index contributed by atoms with van der Waals surface area (Å²) in [6.07, 6.45) is 15.2. The van der Waals surface area contributed by atoms with Crippen LogP contribution in [-0.4, -0.2) is 5.71 Å². The second-order valence-corrected chi connectivity index (χ2v) is 8.85. The second-order valence-electron chi connectivity index (χ2n) is 8.85. The number of anilines is 1. The van der Waals surface area contributed by atoms with Crippen molar-refractivity contribution in [1.29, 1.82) is 0 Å². The van der Waals surface area contributed by atoms with Crippen LogP contribution in [0.15, 0.2) is 96.3 Å². The van der Waals surface area contributed by atoms with Crippen LogP contribution in [0, 0.1) is 5.92 Å². The van der Waals surface area contributed by atoms with E-state index in [1.807, 2.05) is 105 Å². The molecule has 1 N–H and O–H groups in total. The van der Waals surface area contributed by atoms with Gasteiger partial charge in [0.05, 0.1) is 0 Å². The Labute approximate surface area is 245 Å². The van der Waals surface area contributed by atoms with Gasteiger partial charge in [0.25, 0.3) is 0 Å². The molecule has 2 nitrogen and oxygen atoms in total. The van der Waals surface area contributed by atoms with Crippen LogP contribution in [0.4, 0.5) is 5.69 Å². The van der Waals surface area contributed by atoms with E-state index >= 15 is 0 Å². The van der Waals surface area contributed by atoms with Crippen LogP contribution in [0.2, 0.25) is 0 Å². The maximum atomic E-state index is 4.46. The number of rotatable bonds is 12. The van der Waals surface area contributed by atoms with Crippen molar-refractivity contribution in [3.8, 4) is 0 Å². The third-order valence-electron chi connectivity index (χ3n) is 4.85. The zero-order chi connectivity index (χ0) is 31.2. The van der Waals surface area contributed by atoms with Gasteiger partial charge >= 0.3 is 0 Å². The van der Waals surface area contributed by atoms with Crippen molar-refractivity contribution < 1.29 is 0 Å². The summed E-state index contributed by atoms with van der Waals surface area (Å²) < 4.78 is 0. The van der Waals surface area contributed by atoms with Gasteiger partial charge in [-0.2, -0.15) is 0 Å². The first-order chi connectivity index (χ1) is 18.6. The van der Waals surface area contributed by atoms with E-state index in [1.54, 1.807) is 0 Å². The Bertz CT molecular complexity index is 855. The Kier molecular flexibility index (Phi) is 34.7. The SMILES string of the molecule is C=C(C)/C=C\C(=C)Nc1ccc(/C(C)=C/N=C(C)\C=C/C(=C)C)cc1.CC.CC.CC.CCCC(C)CCC. The number of nitrogens with one attached hydrogen (secondary N) is 1. The van der Waals surface area contributed by atoms with Crippen LogP contribution in [0.25, 0.3) is 5.57 Å². The molecule has 1 aromatic rings. The Morgan fingerprint density at radius 2 is 1.18 bits per heavy atom. The lowest BCUT2D eigenvalue weighted by atomic mass is 10.0. The summed E-state index contributed by atoms with van der Waals surface area (Å²) in [4.78, 5) is 4.46. The molecule has 0 radical (unpaired) electrons. The minimum Gasteiger partial charge on any atom is -0.356 e. The van der Waals surface area contributed by atoms with E-state index in [1.165, 1.54) is 25.7 Å². The highest BCUT2D eigenvalue weighted by Gasteiger charge is 1.98. The summed E-state index contributed by atoms with van der Waals surface area (Å²) in [6, 6.07) is 8.20. The fourth-order valence-corrected chi connectivity index (χ4v) is 3.00. The topological polar surface area (TPSA) is 24.4 Å². The average molecular weight is 537 g/mol. The molecule has 0 fully saturated rings. The highest BCUT2D eigenvalue weighted by Crippen LogP contribution is 2.18. The third kappa shape index (κ3) is 29.5. The molecule has 0 aliphatic heterocycles. The molecular formula is C37H64N2. The van der Waals surface area contributed by atoms with E-state index in [-0.39, 0.29) is 0 Å². The molecule has 222 valence electrons. The largest absolute Gasteiger partial charge is 0.356 e. The molecule has 0 aromatic heterocycles. The van der Waals surface area contributed by atoms with Crippen LogP contribution >= 0.6 is 0 Å². The number of nitrogens with zero attached hydrogens (tertiary/aromatic N) is 1. The van der Waals surface area contributed by atoms with Gasteiger partial charge in [-0.05, 0) is 69.0 Å². The first-order valence-electron chi connectivity index (χ1n) is 15.0. The predicted molar refractivity (Wildman–Crippen MR) is 187 cm³/mol. The van der Waals surface area contributed by atoms with Gasteiger partial charge in [0, 0.05) is 23.3 Å². The Morgan fingerprint density at radius 3 is 1.59 bits per heavy atom. The minimum atomic E-state index is 0.826. The first-order valence-corrected chi connectivity index (χ1v) is 15.0. The van der Waals surface area contributed by atoms with Gasteiger partial charge in [-0.25, -0.2) is 0 Å². The Morgan fingerprint density at radius 1 is 0.744 bits per heavy atom. The molecule has 0 atom stereocenters. The van der Waals surface area contributed by atoms with E-state index in [9.17, 15) is 0 Å². The van der Waals surface area contributed by atoms with Crippen molar-refractivity contribution in [3.63, 3.8) is 0 Å². The lowest BCUT2D eigenvalue weighted by Gasteiger charge is -2.07. The van der Waals surface area contributed by atoms with E-state index < -0.39 is 0 Å². The quantitative estimate of drug-likeness (QED) is 0.208. The molecule has 0 saturated heterocycles. The summed E-state index contributed by atoms with van der Waals surface area (Å²) in [5.74, 6) is 0.963. The lowest BCUT2D eigenvalue weighted by molar-refractivity contribution is 0.480.